The number of carbonyl (C=O) groups excluding carboxylic acids is 1. The topological polar surface area (TPSA) is 123 Å². The van der Waals surface area contributed by atoms with Gasteiger partial charge in [0, 0.05) is 30.5 Å². The minimum absolute atomic E-state index is 0.0510. The van der Waals surface area contributed by atoms with Gasteiger partial charge in [0.05, 0.1) is 24.4 Å². The number of primary amides is 1. The van der Waals surface area contributed by atoms with Crippen LogP contribution in [-0.4, -0.2) is 29.5 Å². The van der Waals surface area contributed by atoms with Gasteiger partial charge in [-0.1, -0.05) is 6.92 Å². The number of hydrogen-bond acceptors (Lipinski definition) is 6. The van der Waals surface area contributed by atoms with E-state index in [0.717, 1.165) is 0 Å². The first-order valence-corrected chi connectivity index (χ1v) is 8.14. The van der Waals surface area contributed by atoms with E-state index in [4.69, 9.17) is 14.9 Å². The van der Waals surface area contributed by atoms with E-state index in [1.807, 2.05) is 6.92 Å². The van der Waals surface area contributed by atoms with E-state index in [1.165, 1.54) is 12.5 Å². The Morgan fingerprint density at radius 3 is 2.88 bits per heavy atom. The molecule has 0 bridgehead atoms. The zero-order valence-electron chi connectivity index (χ0n) is 14.5. The zero-order valence-corrected chi connectivity index (χ0v) is 14.5. The number of aromatic amines is 1. The fourth-order valence-electron chi connectivity index (χ4n) is 2.78. The number of nitrogens with one attached hydrogen (secondary N) is 2. The Morgan fingerprint density at radius 2 is 2.23 bits per heavy atom. The van der Waals surface area contributed by atoms with Crippen LogP contribution in [0.2, 0.25) is 0 Å². The number of amides is 1. The molecule has 3 aromatic rings. The molecule has 3 rings (SSSR count). The summed E-state index contributed by atoms with van der Waals surface area (Å²) in [7, 11) is 1.55. The van der Waals surface area contributed by atoms with Crippen LogP contribution in [-0.2, 0) is 4.79 Å². The lowest BCUT2D eigenvalue weighted by atomic mass is 10.1. The number of hydrogen-bond donors (Lipinski definition) is 3. The smallest absolute Gasteiger partial charge is 0.217 e. The number of anilines is 1. The van der Waals surface area contributed by atoms with E-state index < -0.39 is 0 Å². The number of oxazole rings is 1. The van der Waals surface area contributed by atoms with E-state index in [0.29, 0.717) is 40.3 Å². The molecule has 0 aliphatic rings. The lowest BCUT2D eigenvalue weighted by Gasteiger charge is -2.13. The molecule has 2 aromatic heterocycles. The zero-order chi connectivity index (χ0) is 18.7. The van der Waals surface area contributed by atoms with Crippen molar-refractivity contribution in [1.82, 2.24) is 9.97 Å². The third-order valence-electron chi connectivity index (χ3n) is 4.04. The molecule has 8 heteroatoms. The summed E-state index contributed by atoms with van der Waals surface area (Å²) in [5.41, 5.74) is 6.33. The predicted octanol–water partition coefficient (Wildman–Crippen LogP) is 2.12. The van der Waals surface area contributed by atoms with Gasteiger partial charge in [-0.2, -0.15) is 0 Å². The second-order valence-corrected chi connectivity index (χ2v) is 6.17. The third-order valence-corrected chi connectivity index (χ3v) is 4.04. The van der Waals surface area contributed by atoms with Gasteiger partial charge >= 0.3 is 0 Å². The molecule has 1 aromatic carbocycles. The van der Waals surface area contributed by atoms with Gasteiger partial charge in [0.15, 0.2) is 17.6 Å². The summed E-state index contributed by atoms with van der Waals surface area (Å²) in [6.07, 6.45) is 3.16. The van der Waals surface area contributed by atoms with Gasteiger partial charge in [-0.15, -0.1) is 0 Å². The molecule has 1 atom stereocenters. The number of H-pyrrole nitrogens is 1. The molecule has 0 saturated heterocycles. The van der Waals surface area contributed by atoms with Gasteiger partial charge in [-0.25, -0.2) is 4.98 Å². The van der Waals surface area contributed by atoms with Gasteiger partial charge < -0.3 is 25.2 Å². The van der Waals surface area contributed by atoms with E-state index >= 15 is 0 Å². The van der Waals surface area contributed by atoms with Gasteiger partial charge in [0.25, 0.3) is 0 Å². The van der Waals surface area contributed by atoms with Gasteiger partial charge in [0.2, 0.25) is 5.91 Å². The first-order chi connectivity index (χ1) is 12.5. The molecule has 0 aliphatic carbocycles. The highest BCUT2D eigenvalue weighted by Gasteiger charge is 2.14. The number of ether oxygens (including phenoxy) is 1. The van der Waals surface area contributed by atoms with Crippen molar-refractivity contribution in [2.75, 3.05) is 19.0 Å². The van der Waals surface area contributed by atoms with E-state index in [2.05, 4.69) is 15.3 Å². The lowest BCUT2D eigenvalue weighted by Crippen LogP contribution is -2.20. The van der Waals surface area contributed by atoms with Crippen LogP contribution in [0.25, 0.3) is 22.2 Å². The maximum absolute atomic E-state index is 12.5. The minimum atomic E-state index is -0.351. The number of benzene rings is 1. The fourth-order valence-corrected chi connectivity index (χ4v) is 2.78. The molecule has 2 heterocycles. The molecule has 0 saturated carbocycles. The quantitative estimate of drug-likeness (QED) is 0.596. The normalized spacial score (nSPS) is 12.1. The van der Waals surface area contributed by atoms with Crippen molar-refractivity contribution in [3.8, 4) is 17.1 Å². The molecular weight excluding hydrogens is 336 g/mol. The first-order valence-electron chi connectivity index (χ1n) is 8.14. The second kappa shape index (κ2) is 7.30. The Hall–Kier alpha value is -3.29. The average molecular weight is 356 g/mol. The lowest BCUT2D eigenvalue weighted by molar-refractivity contribution is -0.118. The third kappa shape index (κ3) is 3.69. The SMILES string of the molecule is COc1cc2[nH]c(NCC(C)CC(N)=O)cc(=O)c2cc1-c1cnco1. The summed E-state index contributed by atoms with van der Waals surface area (Å²) in [5.74, 6) is 1.34. The fraction of sp³-hybridized carbons (Fsp3) is 0.278. The van der Waals surface area contributed by atoms with Gasteiger partial charge in [-0.3, -0.25) is 9.59 Å². The van der Waals surface area contributed by atoms with Crippen LogP contribution in [0, 0.1) is 5.92 Å². The Bertz CT molecular complexity index is 979. The Labute approximate surface area is 149 Å². The van der Waals surface area contributed by atoms with E-state index in [1.54, 1.807) is 25.4 Å². The number of aromatic nitrogens is 2. The summed E-state index contributed by atoms with van der Waals surface area (Å²) in [5, 5.41) is 3.64. The maximum Gasteiger partial charge on any atom is 0.217 e. The van der Waals surface area contributed by atoms with Gasteiger partial charge in [-0.05, 0) is 12.0 Å². The van der Waals surface area contributed by atoms with Crippen LogP contribution in [0.1, 0.15) is 13.3 Å². The molecule has 4 N–H and O–H groups in total. The minimum Gasteiger partial charge on any atom is -0.496 e. The number of carbonyl (C=O) groups is 1. The second-order valence-electron chi connectivity index (χ2n) is 6.17. The van der Waals surface area contributed by atoms with Crippen LogP contribution in [0.5, 0.6) is 5.75 Å². The van der Waals surface area contributed by atoms with Crippen LogP contribution in [0.4, 0.5) is 5.82 Å². The van der Waals surface area contributed by atoms with E-state index in [9.17, 15) is 9.59 Å². The molecule has 0 aliphatic heterocycles. The number of fused-ring (bicyclic) bond motifs is 1. The summed E-state index contributed by atoms with van der Waals surface area (Å²) in [6.45, 7) is 2.42. The van der Waals surface area contributed by atoms with Crippen molar-refractivity contribution in [2.45, 2.75) is 13.3 Å². The maximum atomic E-state index is 12.5. The van der Waals surface area contributed by atoms with Crippen molar-refractivity contribution >= 4 is 22.6 Å². The van der Waals surface area contributed by atoms with Crippen LogP contribution < -0.4 is 21.2 Å². The van der Waals surface area contributed by atoms with Crippen LogP contribution >= 0.6 is 0 Å². The van der Waals surface area contributed by atoms with Crippen molar-refractivity contribution in [3.63, 3.8) is 0 Å². The first kappa shape index (κ1) is 17.5. The molecule has 1 amide bonds. The summed E-state index contributed by atoms with van der Waals surface area (Å²) >= 11 is 0. The molecular formula is C18H20N4O4. The van der Waals surface area contributed by atoms with Crippen LogP contribution in [0.3, 0.4) is 0 Å². The molecule has 1 unspecified atom stereocenters. The highest BCUT2D eigenvalue weighted by Crippen LogP contribution is 2.32. The summed E-state index contributed by atoms with van der Waals surface area (Å²) < 4.78 is 10.7. The Balaban J connectivity index is 1.94. The summed E-state index contributed by atoms with van der Waals surface area (Å²) in [4.78, 5) is 30.6. The molecule has 26 heavy (non-hydrogen) atoms. The van der Waals surface area contributed by atoms with Crippen molar-refractivity contribution in [1.29, 1.82) is 0 Å². The summed E-state index contributed by atoms with van der Waals surface area (Å²) in [6, 6.07) is 4.94. The van der Waals surface area contributed by atoms with Crippen molar-refractivity contribution in [3.05, 3.63) is 41.0 Å². The molecule has 0 spiro atoms. The van der Waals surface area contributed by atoms with Gasteiger partial charge in [0.1, 0.15) is 11.6 Å². The molecule has 136 valence electrons. The highest BCUT2D eigenvalue weighted by atomic mass is 16.5. The largest absolute Gasteiger partial charge is 0.496 e. The van der Waals surface area contributed by atoms with Crippen molar-refractivity contribution in [2.24, 2.45) is 11.7 Å². The molecule has 0 radical (unpaired) electrons. The van der Waals surface area contributed by atoms with Crippen molar-refractivity contribution < 1.29 is 13.9 Å². The monoisotopic (exact) mass is 356 g/mol. The number of rotatable bonds is 7. The Morgan fingerprint density at radius 1 is 1.42 bits per heavy atom. The van der Waals surface area contributed by atoms with Crippen LogP contribution in [0.15, 0.2) is 40.0 Å². The number of nitrogens with zero attached hydrogens (tertiary/aromatic N) is 1. The number of nitrogens with two attached hydrogens (primary N) is 1. The number of pyridine rings is 1. The molecule has 8 nitrogen and oxygen atoms in total. The number of methoxy groups -OCH3 is 1. The highest BCUT2D eigenvalue weighted by molar-refractivity contribution is 5.88. The average Bonchev–Trinajstić information content (AvgIpc) is 3.12. The predicted molar refractivity (Wildman–Crippen MR) is 98.1 cm³/mol. The standard InChI is InChI=1S/C18H20N4O4/c1-10(3-17(19)24)7-21-18-6-14(23)11-4-12(16-8-20-9-26-16)15(25-2)5-13(11)22-18/h4-6,8-10H,3,7H2,1-2H3,(H2,19,24)(H2,21,22,23). The Kier molecular flexibility index (Phi) is 4.92. The molecule has 0 fully saturated rings. The van der Waals surface area contributed by atoms with E-state index in [-0.39, 0.29) is 23.7 Å².